The lowest BCUT2D eigenvalue weighted by atomic mass is 10.1. The molecule has 0 saturated heterocycles. The number of halogens is 2. The standard InChI is InChI=1S/C23H30BrClN4OSi/c1-7-16-10-15(14-30-31(5,6)23(2,3)4)8-9-19(16)28-22(26)18-12-27-29-13-17(24)11-20(29)21(18)25/h8-13H,7,14H2,1-6H3,(H2,26,28). The Hall–Kier alpha value is -1.67. The van der Waals surface area contributed by atoms with Crippen LogP contribution in [0.1, 0.15) is 44.4 Å². The largest absolute Gasteiger partial charge is 0.413 e. The molecule has 31 heavy (non-hydrogen) atoms. The van der Waals surface area contributed by atoms with Crippen molar-refractivity contribution >= 4 is 52.9 Å². The van der Waals surface area contributed by atoms with Gasteiger partial charge in [0.2, 0.25) is 0 Å². The summed E-state index contributed by atoms with van der Waals surface area (Å²) < 4.78 is 8.98. The van der Waals surface area contributed by atoms with Gasteiger partial charge in [0.05, 0.1) is 34.6 Å². The molecule has 8 heteroatoms. The Labute approximate surface area is 198 Å². The number of amidine groups is 1. The number of aromatic nitrogens is 2. The van der Waals surface area contributed by atoms with Crippen LogP contribution in [0.25, 0.3) is 5.52 Å². The number of benzene rings is 1. The SMILES string of the molecule is CCc1cc(CO[Si](C)(C)C(C)(C)C)ccc1/N=C(\N)c1cnn2cc(Br)cc2c1Cl. The van der Waals surface area contributed by atoms with E-state index in [-0.39, 0.29) is 5.04 Å². The van der Waals surface area contributed by atoms with E-state index >= 15 is 0 Å². The molecular weight excluding hydrogens is 492 g/mol. The second-order valence-corrected chi connectivity index (χ2v) is 15.3. The summed E-state index contributed by atoms with van der Waals surface area (Å²) in [6, 6.07) is 8.13. The minimum atomic E-state index is -1.80. The van der Waals surface area contributed by atoms with Crippen molar-refractivity contribution in [3.63, 3.8) is 0 Å². The molecule has 3 rings (SSSR count). The third-order valence-electron chi connectivity index (χ3n) is 5.99. The van der Waals surface area contributed by atoms with E-state index in [0.29, 0.717) is 23.0 Å². The van der Waals surface area contributed by atoms with Crippen LogP contribution in [-0.4, -0.2) is 23.8 Å². The fraction of sp³-hybridized carbons (Fsp3) is 0.391. The fourth-order valence-corrected chi connectivity index (χ4v) is 4.62. The molecule has 0 aliphatic heterocycles. The molecule has 0 radical (unpaired) electrons. The molecule has 0 aliphatic rings. The molecule has 0 atom stereocenters. The Morgan fingerprint density at radius 3 is 2.65 bits per heavy atom. The van der Waals surface area contributed by atoms with Crippen molar-refractivity contribution in [2.75, 3.05) is 0 Å². The quantitative estimate of drug-likeness (QED) is 0.219. The number of aliphatic imine (C=N–C) groups is 1. The van der Waals surface area contributed by atoms with Gasteiger partial charge in [0, 0.05) is 10.7 Å². The van der Waals surface area contributed by atoms with Gasteiger partial charge in [-0.3, -0.25) is 0 Å². The third-order valence-corrected chi connectivity index (χ3v) is 11.3. The highest BCUT2D eigenvalue weighted by atomic mass is 79.9. The number of aryl methyl sites for hydroxylation is 1. The molecule has 0 saturated carbocycles. The highest BCUT2D eigenvalue weighted by Crippen LogP contribution is 2.37. The maximum Gasteiger partial charge on any atom is 0.192 e. The zero-order valence-corrected chi connectivity index (χ0v) is 22.3. The summed E-state index contributed by atoms with van der Waals surface area (Å²) >= 11 is 10.0. The van der Waals surface area contributed by atoms with Crippen molar-refractivity contribution in [2.24, 2.45) is 10.7 Å². The Morgan fingerprint density at radius 2 is 2.00 bits per heavy atom. The van der Waals surface area contributed by atoms with E-state index in [1.807, 2.05) is 18.3 Å². The lowest BCUT2D eigenvalue weighted by Crippen LogP contribution is -2.40. The monoisotopic (exact) mass is 520 g/mol. The molecule has 0 bridgehead atoms. The van der Waals surface area contributed by atoms with Gasteiger partial charge in [-0.05, 0) is 63.7 Å². The van der Waals surface area contributed by atoms with E-state index in [1.165, 1.54) is 0 Å². The molecule has 3 aromatic rings. The normalized spacial score (nSPS) is 13.2. The van der Waals surface area contributed by atoms with Crippen molar-refractivity contribution in [1.82, 2.24) is 9.61 Å². The van der Waals surface area contributed by atoms with Gasteiger partial charge in [-0.2, -0.15) is 5.10 Å². The Kier molecular flexibility index (Phi) is 7.01. The first-order valence-electron chi connectivity index (χ1n) is 10.4. The molecule has 0 aliphatic carbocycles. The maximum atomic E-state index is 6.58. The van der Waals surface area contributed by atoms with Crippen LogP contribution in [-0.2, 0) is 17.5 Å². The molecule has 1 aromatic carbocycles. The molecule has 2 aromatic heterocycles. The molecule has 2 heterocycles. The fourth-order valence-electron chi connectivity index (χ4n) is 2.96. The lowest BCUT2D eigenvalue weighted by molar-refractivity contribution is 0.276. The number of rotatable bonds is 6. The van der Waals surface area contributed by atoms with Gasteiger partial charge in [-0.25, -0.2) is 9.51 Å². The second kappa shape index (κ2) is 9.06. The minimum absolute atomic E-state index is 0.184. The van der Waals surface area contributed by atoms with Crippen LogP contribution in [0.3, 0.4) is 0 Å². The number of hydrogen-bond donors (Lipinski definition) is 1. The average molecular weight is 522 g/mol. The zero-order chi connectivity index (χ0) is 23.0. The van der Waals surface area contributed by atoms with Crippen LogP contribution in [0.5, 0.6) is 0 Å². The van der Waals surface area contributed by atoms with Gasteiger partial charge >= 0.3 is 0 Å². The van der Waals surface area contributed by atoms with E-state index in [2.05, 4.69) is 78.9 Å². The molecule has 5 nitrogen and oxygen atoms in total. The van der Waals surface area contributed by atoms with Gasteiger partial charge < -0.3 is 10.2 Å². The zero-order valence-electron chi connectivity index (χ0n) is 19.0. The summed E-state index contributed by atoms with van der Waals surface area (Å²) in [5.41, 5.74) is 10.8. The molecule has 0 spiro atoms. The smallest absolute Gasteiger partial charge is 0.192 e. The number of hydrogen-bond acceptors (Lipinski definition) is 3. The van der Waals surface area contributed by atoms with Crippen LogP contribution >= 0.6 is 27.5 Å². The van der Waals surface area contributed by atoms with E-state index in [0.717, 1.165) is 33.2 Å². The van der Waals surface area contributed by atoms with Crippen molar-refractivity contribution in [3.8, 4) is 0 Å². The summed E-state index contributed by atoms with van der Waals surface area (Å²) in [6.45, 7) is 14.0. The van der Waals surface area contributed by atoms with Crippen LogP contribution in [0.4, 0.5) is 5.69 Å². The van der Waals surface area contributed by atoms with Gasteiger partial charge in [-0.1, -0.05) is 51.4 Å². The molecule has 0 unspecified atom stereocenters. The summed E-state index contributed by atoms with van der Waals surface area (Å²) in [6.07, 6.45) is 4.34. The van der Waals surface area contributed by atoms with Crippen molar-refractivity contribution in [1.29, 1.82) is 0 Å². The van der Waals surface area contributed by atoms with E-state index < -0.39 is 8.32 Å². The van der Waals surface area contributed by atoms with Crippen LogP contribution in [0, 0.1) is 0 Å². The molecule has 0 fully saturated rings. The molecule has 0 amide bonds. The first-order valence-corrected chi connectivity index (χ1v) is 14.4. The van der Waals surface area contributed by atoms with Crippen molar-refractivity contribution < 1.29 is 4.43 Å². The minimum Gasteiger partial charge on any atom is -0.413 e. The van der Waals surface area contributed by atoms with Crippen LogP contribution in [0.2, 0.25) is 23.2 Å². The number of nitrogens with two attached hydrogens (primary N) is 1. The molecule has 2 N–H and O–H groups in total. The van der Waals surface area contributed by atoms with Crippen LogP contribution < -0.4 is 5.73 Å². The summed E-state index contributed by atoms with van der Waals surface area (Å²) in [5.74, 6) is 0.345. The van der Waals surface area contributed by atoms with Gasteiger partial charge in [-0.15, -0.1) is 0 Å². The summed E-state index contributed by atoms with van der Waals surface area (Å²) in [5, 5.41) is 5.09. The predicted octanol–water partition coefficient (Wildman–Crippen LogP) is 6.87. The molecular formula is C23H30BrClN4OSi. The summed E-state index contributed by atoms with van der Waals surface area (Å²) in [7, 11) is -1.80. The lowest BCUT2D eigenvalue weighted by Gasteiger charge is -2.36. The topological polar surface area (TPSA) is 64.9 Å². The van der Waals surface area contributed by atoms with Crippen LogP contribution in [0.15, 0.2) is 46.1 Å². The highest BCUT2D eigenvalue weighted by molar-refractivity contribution is 9.10. The van der Waals surface area contributed by atoms with Gasteiger partial charge in [0.25, 0.3) is 0 Å². The van der Waals surface area contributed by atoms with Crippen molar-refractivity contribution in [2.45, 2.75) is 58.9 Å². The number of fused-ring (bicyclic) bond motifs is 1. The maximum absolute atomic E-state index is 6.58. The van der Waals surface area contributed by atoms with E-state index in [4.69, 9.17) is 21.8 Å². The summed E-state index contributed by atoms with van der Waals surface area (Å²) in [4.78, 5) is 4.68. The molecule has 166 valence electrons. The number of nitrogens with zero attached hydrogens (tertiary/aromatic N) is 3. The van der Waals surface area contributed by atoms with E-state index in [9.17, 15) is 0 Å². The first kappa shape index (κ1) is 24.0. The second-order valence-electron chi connectivity index (χ2n) is 9.22. The third kappa shape index (κ3) is 5.22. The van der Waals surface area contributed by atoms with E-state index in [1.54, 1.807) is 10.7 Å². The Balaban J connectivity index is 1.88. The Morgan fingerprint density at radius 1 is 1.29 bits per heavy atom. The highest BCUT2D eigenvalue weighted by Gasteiger charge is 2.37. The first-order chi connectivity index (χ1) is 14.4. The van der Waals surface area contributed by atoms with Gasteiger partial charge in [0.15, 0.2) is 8.32 Å². The predicted molar refractivity (Wildman–Crippen MR) is 136 cm³/mol. The average Bonchev–Trinajstić information content (AvgIpc) is 3.07. The Bertz CT molecular complexity index is 1130. The van der Waals surface area contributed by atoms with Gasteiger partial charge in [0.1, 0.15) is 5.84 Å². The van der Waals surface area contributed by atoms with Crippen molar-refractivity contribution in [3.05, 3.63) is 62.8 Å².